The molecule has 3 heteroatoms. The van der Waals surface area contributed by atoms with Crippen LogP contribution in [0, 0.1) is 0 Å². The third kappa shape index (κ3) is 2.95. The number of furan rings is 1. The first kappa shape index (κ1) is 17.8. The van der Waals surface area contributed by atoms with E-state index in [1.54, 1.807) is 6.07 Å². The van der Waals surface area contributed by atoms with Crippen LogP contribution in [0.5, 0.6) is 0 Å². The Bertz CT molecular complexity index is 1040. The minimum absolute atomic E-state index is 0.158. The molecule has 1 heterocycles. The highest BCUT2D eigenvalue weighted by Gasteiger charge is 2.37. The summed E-state index contributed by atoms with van der Waals surface area (Å²) in [5.41, 5.74) is 5.59. The Labute approximate surface area is 160 Å². The Kier molecular flexibility index (Phi) is 3.95. The van der Waals surface area contributed by atoms with Gasteiger partial charge in [0, 0.05) is 10.9 Å². The molecule has 1 aliphatic carbocycles. The molecular formula is C24H26O3. The second-order valence-electron chi connectivity index (χ2n) is 8.88. The van der Waals surface area contributed by atoms with Gasteiger partial charge in [-0.1, -0.05) is 39.8 Å². The zero-order chi connectivity index (χ0) is 19.4. The third-order valence-electron chi connectivity index (χ3n) is 6.07. The fourth-order valence-electron chi connectivity index (χ4n) is 4.17. The lowest BCUT2D eigenvalue weighted by atomic mass is 9.63. The van der Waals surface area contributed by atoms with Crippen molar-refractivity contribution >= 4 is 16.9 Å². The summed E-state index contributed by atoms with van der Waals surface area (Å²) in [6, 6.07) is 14.1. The van der Waals surface area contributed by atoms with Gasteiger partial charge in [-0.2, -0.15) is 0 Å². The molecule has 0 saturated heterocycles. The first-order valence-electron chi connectivity index (χ1n) is 9.49. The van der Waals surface area contributed by atoms with Gasteiger partial charge in [0.15, 0.2) is 0 Å². The molecule has 27 heavy (non-hydrogen) atoms. The maximum absolute atomic E-state index is 11.8. The van der Waals surface area contributed by atoms with Gasteiger partial charge in [-0.25, -0.2) is 4.79 Å². The van der Waals surface area contributed by atoms with E-state index in [0.717, 1.165) is 22.3 Å². The summed E-state index contributed by atoms with van der Waals surface area (Å²) in [6.45, 7) is 9.31. The second kappa shape index (κ2) is 5.98. The summed E-state index contributed by atoms with van der Waals surface area (Å²) in [5, 5.41) is 0.908. The van der Waals surface area contributed by atoms with Gasteiger partial charge in [-0.05, 0) is 65.1 Å². The van der Waals surface area contributed by atoms with Gasteiger partial charge in [0.05, 0.1) is 12.7 Å². The fraction of sp³-hybridized carbons (Fsp3) is 0.375. The van der Waals surface area contributed by atoms with E-state index < -0.39 is 0 Å². The lowest BCUT2D eigenvalue weighted by Gasteiger charge is -2.42. The number of carbonyl (C=O) groups is 1. The van der Waals surface area contributed by atoms with E-state index in [-0.39, 0.29) is 16.8 Å². The van der Waals surface area contributed by atoms with Gasteiger partial charge < -0.3 is 9.15 Å². The standard InChI is InChI=1S/C24H26O3/c1-23(2)10-11-24(3,4)19-13-15(6-8-18(19)23)21-14-17-12-16(22(25)26-5)7-9-20(17)27-21/h6-9,12-14H,10-11H2,1-5H3. The van der Waals surface area contributed by atoms with Crippen LogP contribution in [0.1, 0.15) is 62.0 Å². The van der Waals surface area contributed by atoms with E-state index in [1.165, 1.54) is 31.1 Å². The number of benzene rings is 2. The van der Waals surface area contributed by atoms with Gasteiger partial charge in [-0.15, -0.1) is 0 Å². The van der Waals surface area contributed by atoms with Crippen molar-refractivity contribution in [3.63, 3.8) is 0 Å². The van der Waals surface area contributed by atoms with Crippen molar-refractivity contribution in [1.29, 1.82) is 0 Å². The molecule has 0 N–H and O–H groups in total. The molecule has 0 saturated carbocycles. The van der Waals surface area contributed by atoms with Crippen molar-refractivity contribution in [3.05, 3.63) is 59.2 Å². The second-order valence-corrected chi connectivity index (χ2v) is 8.88. The van der Waals surface area contributed by atoms with Crippen molar-refractivity contribution in [2.45, 2.75) is 51.4 Å². The first-order chi connectivity index (χ1) is 12.7. The number of methoxy groups -OCH3 is 1. The summed E-state index contributed by atoms with van der Waals surface area (Å²) in [5.74, 6) is 0.492. The summed E-state index contributed by atoms with van der Waals surface area (Å²) < 4.78 is 10.9. The molecule has 2 aromatic carbocycles. The maximum atomic E-state index is 11.8. The van der Waals surface area contributed by atoms with Crippen molar-refractivity contribution in [2.75, 3.05) is 7.11 Å². The first-order valence-corrected chi connectivity index (χ1v) is 9.49. The summed E-state index contributed by atoms with van der Waals surface area (Å²) in [6.07, 6.45) is 2.38. The molecule has 3 nitrogen and oxygen atoms in total. The Morgan fingerprint density at radius 1 is 0.926 bits per heavy atom. The quantitative estimate of drug-likeness (QED) is 0.507. The van der Waals surface area contributed by atoms with Crippen LogP contribution in [0.3, 0.4) is 0 Å². The summed E-state index contributed by atoms with van der Waals surface area (Å²) >= 11 is 0. The number of hydrogen-bond donors (Lipinski definition) is 0. The van der Waals surface area contributed by atoms with Crippen molar-refractivity contribution in [1.82, 2.24) is 0 Å². The fourth-order valence-corrected chi connectivity index (χ4v) is 4.17. The van der Waals surface area contributed by atoms with Crippen LogP contribution in [0.2, 0.25) is 0 Å². The van der Waals surface area contributed by atoms with Gasteiger partial charge in [0.2, 0.25) is 0 Å². The van der Waals surface area contributed by atoms with Crippen LogP contribution >= 0.6 is 0 Å². The van der Waals surface area contributed by atoms with E-state index in [0.29, 0.717) is 5.56 Å². The highest BCUT2D eigenvalue weighted by Crippen LogP contribution is 2.47. The molecule has 0 aliphatic heterocycles. The molecule has 0 spiro atoms. The van der Waals surface area contributed by atoms with Crippen LogP contribution in [-0.2, 0) is 15.6 Å². The zero-order valence-corrected chi connectivity index (χ0v) is 16.7. The molecule has 0 amide bonds. The van der Waals surface area contributed by atoms with Gasteiger partial charge in [0.25, 0.3) is 0 Å². The van der Waals surface area contributed by atoms with Crippen LogP contribution in [0.4, 0.5) is 0 Å². The minimum Gasteiger partial charge on any atom is -0.465 e. The highest BCUT2D eigenvalue weighted by atomic mass is 16.5. The zero-order valence-electron chi connectivity index (χ0n) is 16.7. The maximum Gasteiger partial charge on any atom is 0.337 e. The van der Waals surface area contributed by atoms with E-state index >= 15 is 0 Å². The van der Waals surface area contributed by atoms with Gasteiger partial charge >= 0.3 is 5.97 Å². The molecular weight excluding hydrogens is 336 g/mol. The lowest BCUT2D eigenvalue weighted by molar-refractivity contribution is 0.0601. The molecule has 0 bridgehead atoms. The molecule has 0 unspecified atom stereocenters. The van der Waals surface area contributed by atoms with Crippen LogP contribution in [-0.4, -0.2) is 13.1 Å². The molecule has 0 fully saturated rings. The molecule has 0 radical (unpaired) electrons. The van der Waals surface area contributed by atoms with E-state index in [1.807, 2.05) is 18.2 Å². The minimum atomic E-state index is -0.336. The SMILES string of the molecule is COC(=O)c1ccc2oc(-c3ccc4c(c3)C(C)(C)CCC4(C)C)cc2c1. The number of fused-ring (bicyclic) bond motifs is 2. The third-order valence-corrected chi connectivity index (χ3v) is 6.07. The van der Waals surface area contributed by atoms with Crippen molar-refractivity contribution < 1.29 is 13.9 Å². The number of ether oxygens (including phenoxy) is 1. The molecule has 3 aromatic rings. The number of rotatable bonds is 2. The van der Waals surface area contributed by atoms with Crippen LogP contribution < -0.4 is 0 Å². The normalized spacial score (nSPS) is 17.5. The molecule has 1 aliphatic rings. The molecule has 140 valence electrons. The topological polar surface area (TPSA) is 39.4 Å². The smallest absolute Gasteiger partial charge is 0.337 e. The van der Waals surface area contributed by atoms with Crippen molar-refractivity contribution in [2.24, 2.45) is 0 Å². The number of esters is 1. The lowest BCUT2D eigenvalue weighted by Crippen LogP contribution is -2.33. The van der Waals surface area contributed by atoms with Crippen LogP contribution in [0.15, 0.2) is 46.9 Å². The monoisotopic (exact) mass is 362 g/mol. The summed E-state index contributed by atoms with van der Waals surface area (Å²) in [7, 11) is 1.39. The molecule has 0 atom stereocenters. The molecule has 1 aromatic heterocycles. The van der Waals surface area contributed by atoms with E-state index in [9.17, 15) is 4.79 Å². The number of carbonyl (C=O) groups excluding carboxylic acids is 1. The largest absolute Gasteiger partial charge is 0.465 e. The Morgan fingerprint density at radius 3 is 2.33 bits per heavy atom. The predicted molar refractivity (Wildman–Crippen MR) is 108 cm³/mol. The number of hydrogen-bond acceptors (Lipinski definition) is 3. The average Bonchev–Trinajstić information content (AvgIpc) is 3.08. The highest BCUT2D eigenvalue weighted by molar-refractivity contribution is 5.95. The predicted octanol–water partition coefficient (Wildman–Crippen LogP) is 6.24. The average molecular weight is 362 g/mol. The van der Waals surface area contributed by atoms with Gasteiger partial charge in [-0.3, -0.25) is 0 Å². The van der Waals surface area contributed by atoms with E-state index in [4.69, 9.17) is 9.15 Å². The van der Waals surface area contributed by atoms with Crippen molar-refractivity contribution in [3.8, 4) is 11.3 Å². The Hall–Kier alpha value is -2.55. The van der Waals surface area contributed by atoms with E-state index in [2.05, 4.69) is 45.9 Å². The molecule has 4 rings (SSSR count). The Balaban J connectivity index is 1.81. The van der Waals surface area contributed by atoms with Gasteiger partial charge in [0.1, 0.15) is 11.3 Å². The van der Waals surface area contributed by atoms with Crippen LogP contribution in [0.25, 0.3) is 22.3 Å². The summed E-state index contributed by atoms with van der Waals surface area (Å²) in [4.78, 5) is 11.8. The Morgan fingerprint density at radius 2 is 1.63 bits per heavy atom.